The van der Waals surface area contributed by atoms with Crippen molar-refractivity contribution in [1.29, 1.82) is 0 Å². The number of primary sulfonamides is 1. The SMILES string of the molecule is CCNC(=O)N1CCOCC1S(N)(=O)=O. The van der Waals surface area contributed by atoms with E-state index < -0.39 is 21.4 Å². The topological polar surface area (TPSA) is 102 Å². The van der Waals surface area contributed by atoms with Crippen LogP contribution in [-0.2, 0) is 14.8 Å². The van der Waals surface area contributed by atoms with Gasteiger partial charge in [-0.05, 0) is 6.92 Å². The summed E-state index contributed by atoms with van der Waals surface area (Å²) in [6, 6.07) is -0.431. The molecule has 0 bridgehead atoms. The second kappa shape index (κ2) is 4.77. The summed E-state index contributed by atoms with van der Waals surface area (Å²) >= 11 is 0. The van der Waals surface area contributed by atoms with Gasteiger partial charge in [-0.25, -0.2) is 18.4 Å². The Morgan fingerprint density at radius 3 is 2.87 bits per heavy atom. The molecule has 1 aliphatic heterocycles. The van der Waals surface area contributed by atoms with Gasteiger partial charge in [-0.15, -0.1) is 0 Å². The molecule has 1 aliphatic rings. The lowest BCUT2D eigenvalue weighted by molar-refractivity contribution is 0.0387. The van der Waals surface area contributed by atoms with E-state index in [0.717, 1.165) is 0 Å². The van der Waals surface area contributed by atoms with Crippen LogP contribution in [0.5, 0.6) is 0 Å². The van der Waals surface area contributed by atoms with E-state index in [1.807, 2.05) is 0 Å². The van der Waals surface area contributed by atoms with Gasteiger partial charge in [0.1, 0.15) is 0 Å². The summed E-state index contributed by atoms with van der Waals surface area (Å²) in [5.41, 5.74) is 0. The maximum atomic E-state index is 11.5. The van der Waals surface area contributed by atoms with E-state index in [1.165, 1.54) is 4.90 Å². The molecule has 1 atom stereocenters. The summed E-state index contributed by atoms with van der Waals surface area (Å²) in [5.74, 6) is 0. The van der Waals surface area contributed by atoms with E-state index in [0.29, 0.717) is 13.2 Å². The van der Waals surface area contributed by atoms with E-state index in [1.54, 1.807) is 6.92 Å². The first-order valence-electron chi connectivity index (χ1n) is 4.60. The summed E-state index contributed by atoms with van der Waals surface area (Å²) in [6.45, 7) is 2.67. The number of nitrogens with zero attached hydrogens (tertiary/aromatic N) is 1. The fourth-order valence-corrected chi connectivity index (χ4v) is 2.18. The van der Waals surface area contributed by atoms with Gasteiger partial charge in [-0.3, -0.25) is 0 Å². The zero-order chi connectivity index (χ0) is 11.5. The van der Waals surface area contributed by atoms with Crippen LogP contribution in [0, 0.1) is 0 Å². The van der Waals surface area contributed by atoms with Crippen molar-refractivity contribution in [3.63, 3.8) is 0 Å². The van der Waals surface area contributed by atoms with E-state index in [4.69, 9.17) is 9.88 Å². The highest BCUT2D eigenvalue weighted by molar-refractivity contribution is 7.89. The second-order valence-electron chi connectivity index (χ2n) is 3.15. The van der Waals surface area contributed by atoms with Gasteiger partial charge in [0.2, 0.25) is 10.0 Å². The van der Waals surface area contributed by atoms with Crippen LogP contribution in [0.2, 0.25) is 0 Å². The van der Waals surface area contributed by atoms with E-state index in [9.17, 15) is 13.2 Å². The molecule has 0 aromatic rings. The molecule has 3 N–H and O–H groups in total. The Labute approximate surface area is 88.6 Å². The van der Waals surface area contributed by atoms with Gasteiger partial charge in [0.25, 0.3) is 0 Å². The molecule has 0 aromatic heterocycles. The highest BCUT2D eigenvalue weighted by Crippen LogP contribution is 2.10. The molecule has 2 amide bonds. The number of carbonyl (C=O) groups is 1. The number of nitrogens with two attached hydrogens (primary N) is 1. The molecule has 0 saturated carbocycles. The van der Waals surface area contributed by atoms with Crippen LogP contribution >= 0.6 is 0 Å². The molecule has 15 heavy (non-hydrogen) atoms. The lowest BCUT2D eigenvalue weighted by Crippen LogP contribution is -2.57. The maximum Gasteiger partial charge on any atom is 0.318 e. The predicted octanol–water partition coefficient (Wildman–Crippen LogP) is -1.34. The molecule has 1 saturated heterocycles. The summed E-state index contributed by atoms with van der Waals surface area (Å²) < 4.78 is 27.3. The molecule has 7 nitrogen and oxygen atoms in total. The number of ether oxygens (including phenoxy) is 1. The Kier molecular flexibility index (Phi) is 3.89. The molecule has 0 aliphatic carbocycles. The molecular formula is C7H15N3O4S. The van der Waals surface area contributed by atoms with E-state index in [-0.39, 0.29) is 13.2 Å². The minimum atomic E-state index is -3.80. The third kappa shape index (κ3) is 3.05. The number of nitrogens with one attached hydrogen (secondary N) is 1. The van der Waals surface area contributed by atoms with Crippen LogP contribution in [-0.4, -0.2) is 51.0 Å². The smallest absolute Gasteiger partial charge is 0.318 e. The number of hydrogen-bond acceptors (Lipinski definition) is 4. The first-order valence-corrected chi connectivity index (χ1v) is 6.21. The summed E-state index contributed by atoms with van der Waals surface area (Å²) in [7, 11) is -3.80. The monoisotopic (exact) mass is 237 g/mol. The largest absolute Gasteiger partial charge is 0.376 e. The number of morpholine rings is 1. The zero-order valence-corrected chi connectivity index (χ0v) is 9.29. The van der Waals surface area contributed by atoms with E-state index in [2.05, 4.69) is 5.32 Å². The quantitative estimate of drug-likeness (QED) is 0.620. The van der Waals surface area contributed by atoms with Gasteiger partial charge in [-0.2, -0.15) is 0 Å². The Morgan fingerprint density at radius 2 is 2.33 bits per heavy atom. The van der Waals surface area contributed by atoms with Crippen LogP contribution in [0.15, 0.2) is 0 Å². The predicted molar refractivity (Wildman–Crippen MR) is 53.5 cm³/mol. The molecule has 0 spiro atoms. The highest BCUT2D eigenvalue weighted by Gasteiger charge is 2.34. The molecule has 1 heterocycles. The number of sulfonamides is 1. The minimum absolute atomic E-state index is 0.0734. The maximum absolute atomic E-state index is 11.5. The Morgan fingerprint density at radius 1 is 1.67 bits per heavy atom. The molecular weight excluding hydrogens is 222 g/mol. The number of urea groups is 1. The van der Waals surface area contributed by atoms with Crippen molar-refractivity contribution >= 4 is 16.1 Å². The third-order valence-electron chi connectivity index (χ3n) is 2.05. The van der Waals surface area contributed by atoms with Gasteiger partial charge >= 0.3 is 6.03 Å². The average Bonchev–Trinajstić information content (AvgIpc) is 2.17. The molecule has 1 rings (SSSR count). The van der Waals surface area contributed by atoms with Crippen LogP contribution in [0.1, 0.15) is 6.92 Å². The molecule has 1 unspecified atom stereocenters. The minimum Gasteiger partial charge on any atom is -0.376 e. The summed E-state index contributed by atoms with van der Waals surface area (Å²) in [4.78, 5) is 12.7. The zero-order valence-electron chi connectivity index (χ0n) is 8.47. The molecule has 0 radical (unpaired) electrons. The fraction of sp³-hybridized carbons (Fsp3) is 0.857. The number of rotatable bonds is 2. The Balaban J connectivity index is 2.79. The second-order valence-corrected chi connectivity index (χ2v) is 4.87. The standard InChI is InChI=1S/C7H15N3O4S/c1-2-9-7(11)10-3-4-14-5-6(10)15(8,12)13/h6H,2-5H2,1H3,(H,9,11)(H2,8,12,13). The summed E-state index contributed by atoms with van der Waals surface area (Å²) in [6.07, 6.45) is 0. The lowest BCUT2D eigenvalue weighted by Gasteiger charge is -2.33. The summed E-state index contributed by atoms with van der Waals surface area (Å²) in [5, 5.41) is 6.45. The molecule has 1 fully saturated rings. The van der Waals surface area contributed by atoms with Crippen LogP contribution < -0.4 is 10.5 Å². The molecule has 88 valence electrons. The normalized spacial score (nSPS) is 22.5. The third-order valence-corrected chi connectivity index (χ3v) is 3.20. The van der Waals surface area contributed by atoms with Crippen molar-refractivity contribution in [3.05, 3.63) is 0 Å². The lowest BCUT2D eigenvalue weighted by atomic mass is 10.4. The van der Waals surface area contributed by atoms with E-state index >= 15 is 0 Å². The first-order chi connectivity index (χ1) is 6.96. The van der Waals surface area contributed by atoms with Crippen LogP contribution in [0.4, 0.5) is 4.79 Å². The highest BCUT2D eigenvalue weighted by atomic mass is 32.2. The number of hydrogen-bond donors (Lipinski definition) is 2. The van der Waals surface area contributed by atoms with Gasteiger partial charge in [-0.1, -0.05) is 0 Å². The van der Waals surface area contributed by atoms with Crippen molar-refractivity contribution in [2.75, 3.05) is 26.3 Å². The van der Waals surface area contributed by atoms with Crippen molar-refractivity contribution in [1.82, 2.24) is 10.2 Å². The average molecular weight is 237 g/mol. The van der Waals surface area contributed by atoms with Crippen molar-refractivity contribution in [2.24, 2.45) is 5.14 Å². The van der Waals surface area contributed by atoms with Gasteiger partial charge < -0.3 is 15.0 Å². The Hall–Kier alpha value is -0.860. The fourth-order valence-electron chi connectivity index (χ4n) is 1.34. The van der Waals surface area contributed by atoms with Crippen LogP contribution in [0.3, 0.4) is 0 Å². The number of carbonyl (C=O) groups excluding carboxylic acids is 1. The number of amides is 2. The molecule has 0 aromatic carbocycles. The Bertz CT molecular complexity index is 329. The molecule has 8 heteroatoms. The van der Waals surface area contributed by atoms with Crippen LogP contribution in [0.25, 0.3) is 0 Å². The van der Waals surface area contributed by atoms with Crippen molar-refractivity contribution < 1.29 is 17.9 Å². The van der Waals surface area contributed by atoms with Gasteiger partial charge in [0.05, 0.1) is 13.2 Å². The van der Waals surface area contributed by atoms with Gasteiger partial charge in [0, 0.05) is 13.1 Å². The van der Waals surface area contributed by atoms with Gasteiger partial charge in [0.15, 0.2) is 5.37 Å². The van der Waals surface area contributed by atoms with Crippen molar-refractivity contribution in [3.8, 4) is 0 Å². The first kappa shape index (κ1) is 12.2. The van der Waals surface area contributed by atoms with Crippen molar-refractivity contribution in [2.45, 2.75) is 12.3 Å².